The second-order valence-electron chi connectivity index (χ2n) is 5.47. The molecule has 0 radical (unpaired) electrons. The summed E-state index contributed by atoms with van der Waals surface area (Å²) in [6.07, 6.45) is 1.46. The Balaban J connectivity index is 1.60. The first-order valence-electron chi connectivity index (χ1n) is 8.24. The molecule has 28 heavy (non-hydrogen) atoms. The second kappa shape index (κ2) is 9.33. The van der Waals surface area contributed by atoms with Crippen molar-refractivity contribution in [2.24, 2.45) is 5.10 Å². The van der Waals surface area contributed by atoms with Gasteiger partial charge in [0.05, 0.1) is 13.3 Å². The minimum absolute atomic E-state index is 0.299. The Bertz CT molecular complexity index is 972. The Kier molecular flexibility index (Phi) is 6.37. The third kappa shape index (κ3) is 5.18. The predicted molar refractivity (Wildman–Crippen MR) is 108 cm³/mol. The molecule has 0 aliphatic carbocycles. The Labute approximate surface area is 165 Å². The van der Waals surface area contributed by atoms with Crippen LogP contribution >= 0.6 is 11.3 Å². The van der Waals surface area contributed by atoms with Crippen LogP contribution in [0.5, 0.6) is 11.5 Å². The number of urea groups is 1. The average molecular weight is 395 g/mol. The lowest BCUT2D eigenvalue weighted by molar-refractivity contribution is 0.0735. The number of benzene rings is 2. The number of anilines is 1. The third-order valence-corrected chi connectivity index (χ3v) is 4.37. The molecule has 0 saturated carbocycles. The van der Waals surface area contributed by atoms with Crippen molar-refractivity contribution in [2.45, 2.75) is 0 Å². The summed E-state index contributed by atoms with van der Waals surface area (Å²) in [4.78, 5) is 24.4. The van der Waals surface area contributed by atoms with Crippen LogP contribution in [-0.2, 0) is 0 Å². The lowest BCUT2D eigenvalue weighted by Crippen LogP contribution is -2.24. The van der Waals surface area contributed by atoms with Crippen LogP contribution in [0, 0.1) is 0 Å². The molecule has 2 aromatic carbocycles. The molecule has 0 fully saturated rings. The molecule has 0 unspecified atom stereocenters. The van der Waals surface area contributed by atoms with E-state index in [1.165, 1.54) is 24.7 Å². The average Bonchev–Trinajstić information content (AvgIpc) is 3.25. The van der Waals surface area contributed by atoms with Crippen LogP contribution in [0.2, 0.25) is 0 Å². The lowest BCUT2D eigenvalue weighted by Gasteiger charge is -2.09. The zero-order valence-electron chi connectivity index (χ0n) is 14.9. The normalized spacial score (nSPS) is 10.5. The summed E-state index contributed by atoms with van der Waals surface area (Å²) in [7, 11) is 1.48. The molecular weight excluding hydrogens is 378 g/mol. The van der Waals surface area contributed by atoms with Crippen molar-refractivity contribution in [2.75, 3.05) is 12.4 Å². The van der Waals surface area contributed by atoms with Crippen LogP contribution in [0.1, 0.15) is 15.2 Å². The summed E-state index contributed by atoms with van der Waals surface area (Å²) in [5.41, 5.74) is 3.70. The molecule has 0 atom stereocenters. The maximum Gasteiger partial charge on any atom is 0.353 e. The molecule has 1 heterocycles. The molecule has 7 nitrogen and oxygen atoms in total. The van der Waals surface area contributed by atoms with Gasteiger partial charge in [0.2, 0.25) is 0 Å². The largest absolute Gasteiger partial charge is 0.493 e. The topological polar surface area (TPSA) is 89.0 Å². The zero-order valence-corrected chi connectivity index (χ0v) is 15.7. The molecule has 0 saturated heterocycles. The highest BCUT2D eigenvalue weighted by Gasteiger charge is 2.13. The first kappa shape index (κ1) is 19.1. The van der Waals surface area contributed by atoms with Crippen LogP contribution in [0.4, 0.5) is 10.5 Å². The van der Waals surface area contributed by atoms with Gasteiger partial charge in [-0.1, -0.05) is 24.3 Å². The van der Waals surface area contributed by atoms with Gasteiger partial charge in [-0.25, -0.2) is 15.0 Å². The van der Waals surface area contributed by atoms with Crippen LogP contribution in [0.3, 0.4) is 0 Å². The molecule has 142 valence electrons. The smallest absolute Gasteiger partial charge is 0.353 e. The maximum atomic E-state index is 12.1. The summed E-state index contributed by atoms with van der Waals surface area (Å²) in [6, 6.07) is 17.0. The highest BCUT2D eigenvalue weighted by atomic mass is 32.1. The van der Waals surface area contributed by atoms with E-state index in [0.717, 1.165) is 0 Å². The number of hydrazone groups is 1. The number of methoxy groups -OCH3 is 1. The summed E-state index contributed by atoms with van der Waals surface area (Å²) in [6.45, 7) is 0. The van der Waals surface area contributed by atoms with Gasteiger partial charge in [-0.05, 0) is 47.3 Å². The summed E-state index contributed by atoms with van der Waals surface area (Å²) < 4.78 is 10.6. The molecule has 2 amide bonds. The first-order chi connectivity index (χ1) is 13.7. The third-order valence-electron chi connectivity index (χ3n) is 3.52. The van der Waals surface area contributed by atoms with Crippen LogP contribution in [0.15, 0.2) is 71.1 Å². The number of rotatable bonds is 6. The van der Waals surface area contributed by atoms with Crippen molar-refractivity contribution >= 4 is 35.2 Å². The van der Waals surface area contributed by atoms with Gasteiger partial charge in [-0.2, -0.15) is 5.10 Å². The number of nitrogens with one attached hydrogen (secondary N) is 2. The highest BCUT2D eigenvalue weighted by Crippen LogP contribution is 2.28. The number of hydrogen-bond donors (Lipinski definition) is 2. The van der Waals surface area contributed by atoms with Gasteiger partial charge in [-0.3, -0.25) is 0 Å². The van der Waals surface area contributed by atoms with E-state index in [4.69, 9.17) is 9.47 Å². The lowest BCUT2D eigenvalue weighted by atomic mass is 10.2. The fraction of sp³-hybridized carbons (Fsp3) is 0.0500. The van der Waals surface area contributed by atoms with Gasteiger partial charge in [0.1, 0.15) is 4.88 Å². The highest BCUT2D eigenvalue weighted by molar-refractivity contribution is 7.12. The van der Waals surface area contributed by atoms with Crippen molar-refractivity contribution in [3.05, 3.63) is 76.5 Å². The molecule has 3 rings (SSSR count). The molecule has 0 aliphatic rings. The standard InChI is InChI=1S/C20H17N3O4S/c1-26-17-12-14(9-10-16(17)27-19(24)18-8-5-11-28-18)13-21-23-20(25)22-15-6-3-2-4-7-15/h2-13H,1H3,(H2,22,23,25)/b21-13-. The van der Waals surface area contributed by atoms with Gasteiger partial charge in [0.15, 0.2) is 11.5 Å². The minimum Gasteiger partial charge on any atom is -0.493 e. The number of esters is 1. The van der Waals surface area contributed by atoms with Crippen LogP contribution in [-0.4, -0.2) is 25.3 Å². The number of carbonyl (C=O) groups is 2. The fourth-order valence-corrected chi connectivity index (χ4v) is 2.84. The monoisotopic (exact) mass is 395 g/mol. The predicted octanol–water partition coefficient (Wildman–Crippen LogP) is 4.13. The van der Waals surface area contributed by atoms with Crippen LogP contribution < -0.4 is 20.2 Å². The van der Waals surface area contributed by atoms with Gasteiger partial charge >= 0.3 is 12.0 Å². The summed E-state index contributed by atoms with van der Waals surface area (Å²) >= 11 is 1.30. The van der Waals surface area contributed by atoms with Crippen molar-refractivity contribution in [3.8, 4) is 11.5 Å². The van der Waals surface area contributed by atoms with Crippen molar-refractivity contribution in [3.63, 3.8) is 0 Å². The van der Waals surface area contributed by atoms with Crippen molar-refractivity contribution in [1.82, 2.24) is 5.43 Å². The van der Waals surface area contributed by atoms with Gasteiger partial charge in [0.25, 0.3) is 0 Å². The van der Waals surface area contributed by atoms with E-state index in [2.05, 4.69) is 15.8 Å². The Morgan fingerprint density at radius 3 is 2.57 bits per heavy atom. The molecule has 2 N–H and O–H groups in total. The zero-order chi connectivity index (χ0) is 19.8. The van der Waals surface area contributed by atoms with E-state index < -0.39 is 12.0 Å². The maximum absolute atomic E-state index is 12.1. The number of nitrogens with zero attached hydrogens (tertiary/aromatic N) is 1. The Morgan fingerprint density at radius 1 is 1.04 bits per heavy atom. The van der Waals surface area contributed by atoms with Crippen molar-refractivity contribution < 1.29 is 19.1 Å². The number of amides is 2. The SMILES string of the molecule is COc1cc(/C=N\NC(=O)Nc2ccccc2)ccc1OC(=O)c1cccs1. The number of para-hydroxylation sites is 1. The summed E-state index contributed by atoms with van der Waals surface area (Å²) in [5, 5.41) is 8.35. The quantitative estimate of drug-likeness (QED) is 0.284. The van der Waals surface area contributed by atoms with Gasteiger partial charge in [0, 0.05) is 5.69 Å². The van der Waals surface area contributed by atoms with E-state index in [9.17, 15) is 9.59 Å². The molecule has 1 aromatic heterocycles. The Hall–Kier alpha value is -3.65. The number of ether oxygens (including phenoxy) is 2. The minimum atomic E-state index is -0.462. The van der Waals surface area contributed by atoms with E-state index in [0.29, 0.717) is 27.6 Å². The second-order valence-corrected chi connectivity index (χ2v) is 6.41. The summed E-state index contributed by atoms with van der Waals surface area (Å²) in [5.74, 6) is 0.226. The fourth-order valence-electron chi connectivity index (χ4n) is 2.24. The van der Waals surface area contributed by atoms with Gasteiger partial charge in [-0.15, -0.1) is 11.3 Å². The molecule has 0 bridgehead atoms. The number of thiophene rings is 1. The molecule has 8 heteroatoms. The van der Waals surface area contributed by atoms with E-state index in [1.54, 1.807) is 47.8 Å². The molecular formula is C20H17N3O4S. The first-order valence-corrected chi connectivity index (χ1v) is 9.12. The molecule has 0 aliphatic heterocycles. The number of carbonyl (C=O) groups excluding carboxylic acids is 2. The van der Waals surface area contributed by atoms with E-state index in [-0.39, 0.29) is 0 Å². The molecule has 0 spiro atoms. The number of hydrogen-bond acceptors (Lipinski definition) is 6. The van der Waals surface area contributed by atoms with E-state index in [1.807, 2.05) is 18.2 Å². The Morgan fingerprint density at radius 2 is 1.86 bits per heavy atom. The van der Waals surface area contributed by atoms with Crippen molar-refractivity contribution in [1.29, 1.82) is 0 Å². The molecule has 3 aromatic rings. The van der Waals surface area contributed by atoms with E-state index >= 15 is 0 Å². The van der Waals surface area contributed by atoms with Crippen LogP contribution in [0.25, 0.3) is 0 Å². The van der Waals surface area contributed by atoms with Gasteiger partial charge < -0.3 is 14.8 Å².